The lowest BCUT2D eigenvalue weighted by Gasteiger charge is -2.26. The van der Waals surface area contributed by atoms with Gasteiger partial charge in [0, 0.05) is 19.6 Å². The van der Waals surface area contributed by atoms with Gasteiger partial charge in [-0.15, -0.1) is 15.8 Å². The Balaban J connectivity index is 2.55. The minimum Gasteiger partial charge on any atom is -0.298 e. The average Bonchev–Trinajstić information content (AvgIpc) is 2.57. The Morgan fingerprint density at radius 3 is 1.59 bits per heavy atom. The Bertz CT molecular complexity index is 345. The number of nitrogens with zero attached hydrogens (tertiary/aromatic N) is 1. The van der Waals surface area contributed by atoms with E-state index < -0.39 is 0 Å². The Labute approximate surface area is 141 Å². The molecular weight excluding hydrogens is 304 g/mol. The maximum absolute atomic E-state index is 2.72. The second-order valence-electron chi connectivity index (χ2n) is 5.82. The molecule has 0 bridgehead atoms. The fourth-order valence-corrected chi connectivity index (χ4v) is 6.05. The van der Waals surface area contributed by atoms with Gasteiger partial charge in [-0.2, -0.15) is 0 Å². The Morgan fingerprint density at radius 2 is 1.18 bits per heavy atom. The van der Waals surface area contributed by atoms with Crippen molar-refractivity contribution in [3.05, 3.63) is 35.9 Å². The minimum absolute atomic E-state index is 0.267. The molecule has 0 saturated carbocycles. The molecule has 1 aromatic carbocycles. The van der Waals surface area contributed by atoms with E-state index in [4.69, 9.17) is 0 Å². The molecule has 0 radical (unpaired) electrons. The molecule has 0 aromatic heterocycles. The zero-order chi connectivity index (χ0) is 16.2. The standard InChI is InChI=1S/C19H35NP2/c1-5-21(6-2)16-14-20(15-17-22(7-3)8-4)18-19-12-10-9-11-13-19/h9-13H,5-8,14-18H2,1-4H3. The van der Waals surface area contributed by atoms with E-state index in [1.54, 1.807) is 0 Å². The third-order valence-corrected chi connectivity index (χ3v) is 9.75. The number of hydrogen-bond acceptors (Lipinski definition) is 1. The quantitative estimate of drug-likeness (QED) is 0.452. The molecule has 0 N–H and O–H groups in total. The van der Waals surface area contributed by atoms with Gasteiger partial charge in [-0.1, -0.05) is 58.0 Å². The first kappa shape index (κ1) is 20.1. The summed E-state index contributed by atoms with van der Waals surface area (Å²) in [7, 11) is 0.534. The van der Waals surface area contributed by atoms with Gasteiger partial charge in [0.25, 0.3) is 0 Å². The van der Waals surface area contributed by atoms with Gasteiger partial charge >= 0.3 is 0 Å². The molecule has 1 nitrogen and oxygen atoms in total. The average molecular weight is 339 g/mol. The van der Waals surface area contributed by atoms with Gasteiger partial charge in [-0.25, -0.2) is 0 Å². The van der Waals surface area contributed by atoms with E-state index in [9.17, 15) is 0 Å². The summed E-state index contributed by atoms with van der Waals surface area (Å²) in [5, 5.41) is 0. The van der Waals surface area contributed by atoms with E-state index in [1.807, 2.05) is 0 Å². The molecule has 3 heteroatoms. The van der Waals surface area contributed by atoms with Gasteiger partial charge in [0.1, 0.15) is 0 Å². The SMILES string of the molecule is CCP(CC)CCN(CCP(CC)CC)Cc1ccccc1. The van der Waals surface area contributed by atoms with Gasteiger partial charge < -0.3 is 0 Å². The van der Waals surface area contributed by atoms with E-state index in [1.165, 1.54) is 55.6 Å². The first-order valence-electron chi connectivity index (χ1n) is 8.94. The normalized spacial score (nSPS) is 11.8. The highest BCUT2D eigenvalue weighted by molar-refractivity contribution is 7.57. The highest BCUT2D eigenvalue weighted by atomic mass is 31.1. The summed E-state index contributed by atoms with van der Waals surface area (Å²) < 4.78 is 0. The lowest BCUT2D eigenvalue weighted by atomic mass is 10.2. The molecule has 1 rings (SSSR count). The minimum atomic E-state index is 0.267. The van der Waals surface area contributed by atoms with Crippen LogP contribution in [0.4, 0.5) is 0 Å². The first-order chi connectivity index (χ1) is 10.7. The van der Waals surface area contributed by atoms with Crippen molar-refractivity contribution in [2.75, 3.05) is 50.1 Å². The lowest BCUT2D eigenvalue weighted by Crippen LogP contribution is -2.29. The van der Waals surface area contributed by atoms with Crippen molar-refractivity contribution in [1.82, 2.24) is 4.90 Å². The molecule has 22 heavy (non-hydrogen) atoms. The molecule has 0 saturated heterocycles. The molecule has 0 spiro atoms. The van der Waals surface area contributed by atoms with Gasteiger partial charge in [-0.05, 0) is 42.5 Å². The summed E-state index contributed by atoms with van der Waals surface area (Å²) in [6, 6.07) is 11.0. The molecule has 0 atom stereocenters. The van der Waals surface area contributed by atoms with Gasteiger partial charge in [0.15, 0.2) is 0 Å². The molecule has 1 aromatic rings. The molecule has 0 fully saturated rings. The van der Waals surface area contributed by atoms with Crippen molar-refractivity contribution in [2.24, 2.45) is 0 Å². The lowest BCUT2D eigenvalue weighted by molar-refractivity contribution is 0.299. The van der Waals surface area contributed by atoms with Crippen LogP contribution in [0.2, 0.25) is 0 Å². The van der Waals surface area contributed by atoms with Crippen molar-refractivity contribution in [3.63, 3.8) is 0 Å². The Kier molecular flexibility index (Phi) is 11.4. The van der Waals surface area contributed by atoms with E-state index in [0.717, 1.165) is 6.54 Å². The summed E-state index contributed by atoms with van der Waals surface area (Å²) in [6.07, 6.45) is 8.41. The molecule has 0 aliphatic heterocycles. The molecule has 0 aliphatic carbocycles. The molecule has 0 unspecified atom stereocenters. The summed E-state index contributed by atoms with van der Waals surface area (Å²) >= 11 is 0. The molecule has 0 aliphatic rings. The van der Waals surface area contributed by atoms with Crippen LogP contribution in [-0.4, -0.2) is 55.0 Å². The van der Waals surface area contributed by atoms with Gasteiger partial charge in [0.05, 0.1) is 0 Å². The van der Waals surface area contributed by atoms with Crippen molar-refractivity contribution in [3.8, 4) is 0 Å². The van der Waals surface area contributed by atoms with Crippen LogP contribution < -0.4 is 0 Å². The zero-order valence-corrected chi connectivity index (χ0v) is 16.9. The van der Waals surface area contributed by atoms with Crippen LogP contribution in [0.5, 0.6) is 0 Å². The van der Waals surface area contributed by atoms with Crippen molar-refractivity contribution < 1.29 is 0 Å². The summed E-state index contributed by atoms with van der Waals surface area (Å²) in [4.78, 5) is 2.72. The van der Waals surface area contributed by atoms with Crippen molar-refractivity contribution >= 4 is 15.8 Å². The summed E-state index contributed by atoms with van der Waals surface area (Å²) in [5.41, 5.74) is 1.47. The van der Waals surface area contributed by atoms with Crippen LogP contribution in [0.3, 0.4) is 0 Å². The van der Waals surface area contributed by atoms with Gasteiger partial charge in [0.2, 0.25) is 0 Å². The van der Waals surface area contributed by atoms with E-state index in [-0.39, 0.29) is 15.8 Å². The third-order valence-electron chi connectivity index (χ3n) is 4.50. The third kappa shape index (κ3) is 8.05. The highest BCUT2D eigenvalue weighted by Gasteiger charge is 2.11. The fraction of sp³-hybridized carbons (Fsp3) is 0.684. The largest absolute Gasteiger partial charge is 0.298 e. The van der Waals surface area contributed by atoms with Crippen LogP contribution in [0, 0.1) is 0 Å². The van der Waals surface area contributed by atoms with Crippen LogP contribution in [-0.2, 0) is 6.54 Å². The number of benzene rings is 1. The van der Waals surface area contributed by atoms with Gasteiger partial charge in [-0.3, -0.25) is 4.90 Å². The molecule has 0 amide bonds. The zero-order valence-electron chi connectivity index (χ0n) is 15.1. The van der Waals surface area contributed by atoms with Crippen molar-refractivity contribution in [2.45, 2.75) is 34.2 Å². The van der Waals surface area contributed by atoms with Crippen molar-refractivity contribution in [1.29, 1.82) is 0 Å². The monoisotopic (exact) mass is 339 g/mol. The van der Waals surface area contributed by atoms with Crippen LogP contribution in [0.15, 0.2) is 30.3 Å². The predicted molar refractivity (Wildman–Crippen MR) is 107 cm³/mol. The van der Waals surface area contributed by atoms with E-state index >= 15 is 0 Å². The molecular formula is C19H35NP2. The van der Waals surface area contributed by atoms with E-state index in [0.29, 0.717) is 0 Å². The summed E-state index contributed by atoms with van der Waals surface area (Å²) in [5.74, 6) is 0. The highest BCUT2D eigenvalue weighted by Crippen LogP contribution is 2.35. The predicted octanol–water partition coefficient (Wildman–Crippen LogP) is 5.53. The van der Waals surface area contributed by atoms with Crippen LogP contribution >= 0.6 is 15.8 Å². The van der Waals surface area contributed by atoms with Crippen LogP contribution in [0.25, 0.3) is 0 Å². The van der Waals surface area contributed by atoms with E-state index in [2.05, 4.69) is 62.9 Å². The second kappa shape index (κ2) is 12.5. The number of rotatable bonds is 12. The number of hydrogen-bond donors (Lipinski definition) is 0. The smallest absolute Gasteiger partial charge is 0.0234 e. The Hall–Kier alpha value is 0.0400. The molecule has 126 valence electrons. The maximum Gasteiger partial charge on any atom is 0.0234 e. The Morgan fingerprint density at radius 1 is 0.727 bits per heavy atom. The van der Waals surface area contributed by atoms with Crippen LogP contribution in [0.1, 0.15) is 33.3 Å². The summed E-state index contributed by atoms with van der Waals surface area (Å²) in [6.45, 7) is 13.2. The molecule has 0 heterocycles. The first-order valence-corrected chi connectivity index (χ1v) is 12.7. The maximum atomic E-state index is 2.72. The second-order valence-corrected chi connectivity index (χ2v) is 11.9. The fourth-order valence-electron chi connectivity index (χ4n) is 2.76. The topological polar surface area (TPSA) is 3.24 Å².